The Morgan fingerprint density at radius 3 is 3.00 bits per heavy atom. The number of aromatic nitrogens is 2. The third kappa shape index (κ3) is 2.07. The summed E-state index contributed by atoms with van der Waals surface area (Å²) < 4.78 is 13.6. The second kappa shape index (κ2) is 4.61. The Kier molecular flexibility index (Phi) is 3.19. The molecule has 1 aromatic heterocycles. The fraction of sp³-hybridized carbons (Fsp3) is 0.417. The number of benzene rings is 1. The first-order valence-corrected chi connectivity index (χ1v) is 5.52. The molecule has 0 spiro atoms. The van der Waals surface area contributed by atoms with Crippen LogP contribution in [0.1, 0.15) is 12.6 Å². The van der Waals surface area contributed by atoms with Crippen LogP contribution in [0.4, 0.5) is 4.39 Å². The quantitative estimate of drug-likeness (QED) is 0.858. The molecular weight excluding hydrogens is 205 g/mol. The summed E-state index contributed by atoms with van der Waals surface area (Å²) in [6, 6.07) is 4.98. The third-order valence-electron chi connectivity index (χ3n) is 2.89. The molecular formula is C12H16FN3. The second-order valence-corrected chi connectivity index (χ2v) is 3.98. The molecule has 2 rings (SSSR count). The van der Waals surface area contributed by atoms with Crippen molar-refractivity contribution in [2.75, 3.05) is 20.1 Å². The first-order chi connectivity index (χ1) is 7.72. The van der Waals surface area contributed by atoms with E-state index in [0.29, 0.717) is 10.9 Å². The van der Waals surface area contributed by atoms with E-state index in [9.17, 15) is 4.39 Å². The molecule has 0 saturated heterocycles. The highest BCUT2D eigenvalue weighted by Crippen LogP contribution is 2.19. The van der Waals surface area contributed by atoms with E-state index in [1.807, 2.05) is 6.07 Å². The van der Waals surface area contributed by atoms with E-state index in [0.717, 1.165) is 25.2 Å². The van der Waals surface area contributed by atoms with Crippen LogP contribution in [0, 0.1) is 5.82 Å². The van der Waals surface area contributed by atoms with Gasteiger partial charge in [0.15, 0.2) is 0 Å². The minimum absolute atomic E-state index is 0.194. The van der Waals surface area contributed by atoms with E-state index < -0.39 is 0 Å². The van der Waals surface area contributed by atoms with Gasteiger partial charge < -0.3 is 4.90 Å². The molecule has 0 amide bonds. The molecule has 0 atom stereocenters. The fourth-order valence-corrected chi connectivity index (χ4v) is 1.73. The van der Waals surface area contributed by atoms with E-state index in [1.165, 1.54) is 6.07 Å². The van der Waals surface area contributed by atoms with Crippen LogP contribution in [0.15, 0.2) is 18.2 Å². The molecule has 0 unspecified atom stereocenters. The lowest BCUT2D eigenvalue weighted by atomic mass is 10.1. The molecule has 3 nitrogen and oxygen atoms in total. The second-order valence-electron chi connectivity index (χ2n) is 3.98. The van der Waals surface area contributed by atoms with Gasteiger partial charge in [0, 0.05) is 18.7 Å². The Balaban J connectivity index is 2.24. The fourth-order valence-electron chi connectivity index (χ4n) is 1.73. The SMILES string of the molecule is CCN(C)CCc1[nH]nc2cccc(F)c12. The summed E-state index contributed by atoms with van der Waals surface area (Å²) in [4.78, 5) is 2.19. The average molecular weight is 221 g/mol. The van der Waals surface area contributed by atoms with Gasteiger partial charge in [-0.1, -0.05) is 13.0 Å². The highest BCUT2D eigenvalue weighted by molar-refractivity contribution is 5.81. The van der Waals surface area contributed by atoms with Crippen LogP contribution < -0.4 is 0 Å². The first-order valence-electron chi connectivity index (χ1n) is 5.52. The molecule has 0 aliphatic rings. The van der Waals surface area contributed by atoms with Gasteiger partial charge in [-0.2, -0.15) is 5.10 Å². The molecule has 1 N–H and O–H groups in total. The van der Waals surface area contributed by atoms with Gasteiger partial charge in [-0.05, 0) is 25.7 Å². The normalized spacial score (nSPS) is 11.5. The van der Waals surface area contributed by atoms with E-state index in [-0.39, 0.29) is 5.82 Å². The summed E-state index contributed by atoms with van der Waals surface area (Å²) in [5.41, 5.74) is 1.59. The van der Waals surface area contributed by atoms with Crippen molar-refractivity contribution < 1.29 is 4.39 Å². The van der Waals surface area contributed by atoms with Crippen molar-refractivity contribution >= 4 is 10.9 Å². The third-order valence-corrected chi connectivity index (χ3v) is 2.89. The summed E-state index contributed by atoms with van der Waals surface area (Å²) >= 11 is 0. The summed E-state index contributed by atoms with van der Waals surface area (Å²) in [6.07, 6.45) is 0.793. The lowest BCUT2D eigenvalue weighted by molar-refractivity contribution is 0.356. The predicted molar refractivity (Wildman–Crippen MR) is 62.9 cm³/mol. The molecule has 0 radical (unpaired) electrons. The highest BCUT2D eigenvalue weighted by Gasteiger charge is 2.09. The zero-order valence-corrected chi connectivity index (χ0v) is 9.63. The number of aromatic amines is 1. The molecule has 0 saturated carbocycles. The van der Waals surface area contributed by atoms with Crippen molar-refractivity contribution in [3.05, 3.63) is 29.7 Å². The maximum absolute atomic E-state index is 13.6. The summed E-state index contributed by atoms with van der Waals surface area (Å²) in [5, 5.41) is 7.65. The van der Waals surface area contributed by atoms with Crippen LogP contribution in [0.25, 0.3) is 10.9 Å². The molecule has 4 heteroatoms. The number of halogens is 1. The Hall–Kier alpha value is -1.42. The summed E-state index contributed by atoms with van der Waals surface area (Å²) in [7, 11) is 2.05. The number of fused-ring (bicyclic) bond motifs is 1. The lowest BCUT2D eigenvalue weighted by Gasteiger charge is -2.12. The number of hydrogen-bond donors (Lipinski definition) is 1. The van der Waals surface area contributed by atoms with Crippen molar-refractivity contribution in [1.29, 1.82) is 0 Å². The Morgan fingerprint density at radius 2 is 2.25 bits per heavy atom. The lowest BCUT2D eigenvalue weighted by Crippen LogP contribution is -2.20. The van der Waals surface area contributed by atoms with E-state index in [1.54, 1.807) is 6.07 Å². The van der Waals surface area contributed by atoms with Gasteiger partial charge in [0.05, 0.1) is 10.9 Å². The van der Waals surface area contributed by atoms with Gasteiger partial charge in [0.25, 0.3) is 0 Å². The number of rotatable bonds is 4. The standard InChI is InChI=1S/C12H16FN3/c1-3-16(2)8-7-11-12-9(13)5-4-6-10(12)14-15-11/h4-6H,3,7-8H2,1-2H3,(H,14,15). The van der Waals surface area contributed by atoms with Crippen molar-refractivity contribution in [3.8, 4) is 0 Å². The molecule has 0 aliphatic heterocycles. The molecule has 0 bridgehead atoms. The van der Waals surface area contributed by atoms with Gasteiger partial charge in [0.2, 0.25) is 0 Å². The number of nitrogens with one attached hydrogen (secondary N) is 1. The zero-order chi connectivity index (χ0) is 11.5. The van der Waals surface area contributed by atoms with Gasteiger partial charge in [-0.15, -0.1) is 0 Å². The van der Waals surface area contributed by atoms with Crippen LogP contribution in [0.3, 0.4) is 0 Å². The molecule has 0 aliphatic carbocycles. The maximum Gasteiger partial charge on any atom is 0.134 e. The monoisotopic (exact) mass is 221 g/mol. The Labute approximate surface area is 94.3 Å². The van der Waals surface area contributed by atoms with Crippen molar-refractivity contribution in [1.82, 2.24) is 15.1 Å². The van der Waals surface area contributed by atoms with Crippen LogP contribution in [-0.4, -0.2) is 35.2 Å². The predicted octanol–water partition coefficient (Wildman–Crippen LogP) is 2.20. The number of H-pyrrole nitrogens is 1. The summed E-state index contributed by atoms with van der Waals surface area (Å²) in [5.74, 6) is -0.194. The zero-order valence-electron chi connectivity index (χ0n) is 9.63. The maximum atomic E-state index is 13.6. The van der Waals surface area contributed by atoms with Gasteiger partial charge in [0.1, 0.15) is 5.82 Å². The Bertz CT molecular complexity index is 478. The topological polar surface area (TPSA) is 31.9 Å². The minimum Gasteiger partial charge on any atom is -0.306 e. The molecule has 16 heavy (non-hydrogen) atoms. The molecule has 2 aromatic rings. The molecule has 0 fully saturated rings. The largest absolute Gasteiger partial charge is 0.306 e. The minimum atomic E-state index is -0.194. The van der Waals surface area contributed by atoms with Gasteiger partial charge in [-0.25, -0.2) is 4.39 Å². The van der Waals surface area contributed by atoms with Gasteiger partial charge >= 0.3 is 0 Å². The van der Waals surface area contributed by atoms with Crippen LogP contribution in [0.2, 0.25) is 0 Å². The van der Waals surface area contributed by atoms with Crippen LogP contribution in [0.5, 0.6) is 0 Å². The van der Waals surface area contributed by atoms with Crippen molar-refractivity contribution in [3.63, 3.8) is 0 Å². The Morgan fingerprint density at radius 1 is 1.44 bits per heavy atom. The van der Waals surface area contributed by atoms with Crippen molar-refractivity contribution in [2.24, 2.45) is 0 Å². The van der Waals surface area contributed by atoms with E-state index in [2.05, 4.69) is 29.1 Å². The highest BCUT2D eigenvalue weighted by atomic mass is 19.1. The first kappa shape index (κ1) is 11.1. The summed E-state index contributed by atoms with van der Waals surface area (Å²) in [6.45, 7) is 4.00. The molecule has 86 valence electrons. The average Bonchev–Trinajstić information content (AvgIpc) is 2.70. The van der Waals surface area contributed by atoms with E-state index >= 15 is 0 Å². The van der Waals surface area contributed by atoms with Crippen molar-refractivity contribution in [2.45, 2.75) is 13.3 Å². The number of likely N-dealkylation sites (N-methyl/N-ethyl adjacent to an activating group) is 1. The smallest absolute Gasteiger partial charge is 0.134 e. The molecule has 1 aromatic carbocycles. The van der Waals surface area contributed by atoms with Gasteiger partial charge in [-0.3, -0.25) is 5.10 Å². The number of nitrogens with zero attached hydrogens (tertiary/aromatic N) is 2. The van der Waals surface area contributed by atoms with E-state index in [4.69, 9.17) is 0 Å². The van der Waals surface area contributed by atoms with Crippen LogP contribution in [-0.2, 0) is 6.42 Å². The number of hydrogen-bond acceptors (Lipinski definition) is 2. The molecule has 1 heterocycles. The van der Waals surface area contributed by atoms with Crippen LogP contribution >= 0.6 is 0 Å².